The molecule has 0 spiro atoms. The number of aromatic nitrogens is 4. The zero-order valence-corrected chi connectivity index (χ0v) is 17.1. The number of nitrogen functional groups attached to an aromatic ring is 1. The fourth-order valence-corrected chi connectivity index (χ4v) is 3.84. The van der Waals surface area contributed by atoms with Crippen LogP contribution in [0.1, 0.15) is 0 Å². The molecular weight excluding hydrogens is 419 g/mol. The molecule has 0 radical (unpaired) electrons. The van der Waals surface area contributed by atoms with Crippen LogP contribution >= 0.6 is 23.2 Å². The molecule has 0 aliphatic carbocycles. The van der Waals surface area contributed by atoms with Crippen LogP contribution < -0.4 is 11.1 Å². The van der Waals surface area contributed by atoms with Gasteiger partial charge in [-0.25, -0.2) is 4.68 Å². The standard InChI is InChI=1S/C22H16Cl2N6/c23-14-2-1-3-16(8-14)30-22(6-7-27-30)17-10-21(19(25)11-18(17)24)28-15-5-4-13-12-26-29-20(13)9-15/h1-12,28H,25H2,(H,26,29). The second kappa shape index (κ2) is 7.40. The molecule has 3 aromatic carbocycles. The predicted molar refractivity (Wildman–Crippen MR) is 123 cm³/mol. The van der Waals surface area contributed by atoms with Gasteiger partial charge in [-0.15, -0.1) is 0 Å². The summed E-state index contributed by atoms with van der Waals surface area (Å²) in [4.78, 5) is 0. The maximum Gasteiger partial charge on any atom is 0.0756 e. The number of hydrogen-bond acceptors (Lipinski definition) is 4. The molecule has 2 aromatic heterocycles. The zero-order chi connectivity index (χ0) is 20.7. The van der Waals surface area contributed by atoms with Crippen molar-refractivity contribution in [2.75, 3.05) is 11.1 Å². The van der Waals surface area contributed by atoms with Gasteiger partial charge in [-0.1, -0.05) is 29.3 Å². The van der Waals surface area contributed by atoms with Crippen LogP contribution in [0.2, 0.25) is 10.0 Å². The van der Waals surface area contributed by atoms with E-state index in [9.17, 15) is 0 Å². The monoisotopic (exact) mass is 434 g/mol. The molecule has 0 amide bonds. The lowest BCUT2D eigenvalue weighted by Gasteiger charge is -2.15. The van der Waals surface area contributed by atoms with Gasteiger partial charge in [-0.05, 0) is 54.6 Å². The van der Waals surface area contributed by atoms with Gasteiger partial charge >= 0.3 is 0 Å². The van der Waals surface area contributed by atoms with E-state index < -0.39 is 0 Å². The zero-order valence-electron chi connectivity index (χ0n) is 15.6. The summed E-state index contributed by atoms with van der Waals surface area (Å²) < 4.78 is 1.80. The minimum absolute atomic E-state index is 0.533. The minimum Gasteiger partial charge on any atom is -0.397 e. The fourth-order valence-electron chi connectivity index (χ4n) is 3.38. The quantitative estimate of drug-likeness (QED) is 0.300. The molecule has 5 rings (SSSR count). The number of anilines is 3. The van der Waals surface area contributed by atoms with Gasteiger partial charge in [0.1, 0.15) is 0 Å². The third-order valence-electron chi connectivity index (χ3n) is 4.83. The molecule has 0 unspecified atom stereocenters. The Labute approximate surface area is 182 Å². The van der Waals surface area contributed by atoms with Gasteiger partial charge in [-0.2, -0.15) is 10.2 Å². The molecule has 0 saturated heterocycles. The molecule has 0 atom stereocenters. The summed E-state index contributed by atoms with van der Waals surface area (Å²) in [7, 11) is 0. The minimum atomic E-state index is 0.533. The van der Waals surface area contributed by atoms with Gasteiger partial charge in [0.2, 0.25) is 0 Å². The molecule has 148 valence electrons. The average molecular weight is 435 g/mol. The van der Waals surface area contributed by atoms with Crippen molar-refractivity contribution in [2.24, 2.45) is 0 Å². The van der Waals surface area contributed by atoms with Crippen LogP contribution in [-0.4, -0.2) is 20.0 Å². The molecule has 0 aliphatic heterocycles. The summed E-state index contributed by atoms with van der Waals surface area (Å²) in [5.74, 6) is 0. The van der Waals surface area contributed by atoms with Crippen LogP contribution in [0, 0.1) is 0 Å². The molecule has 0 bridgehead atoms. The Balaban J connectivity index is 1.57. The lowest BCUT2D eigenvalue weighted by Crippen LogP contribution is -2.01. The maximum absolute atomic E-state index is 6.56. The Kier molecular flexibility index (Phi) is 4.58. The van der Waals surface area contributed by atoms with E-state index in [2.05, 4.69) is 20.6 Å². The molecular formula is C22H16Cl2N6. The summed E-state index contributed by atoms with van der Waals surface area (Å²) in [6.07, 6.45) is 3.51. The number of benzene rings is 3. The van der Waals surface area contributed by atoms with Crippen LogP contribution in [0.25, 0.3) is 27.8 Å². The number of fused-ring (bicyclic) bond motifs is 1. The highest BCUT2D eigenvalue weighted by atomic mass is 35.5. The summed E-state index contributed by atoms with van der Waals surface area (Å²) in [6.45, 7) is 0. The number of rotatable bonds is 4. The van der Waals surface area contributed by atoms with E-state index in [0.29, 0.717) is 15.7 Å². The highest BCUT2D eigenvalue weighted by Crippen LogP contribution is 2.37. The third kappa shape index (κ3) is 3.36. The Morgan fingerprint density at radius 2 is 1.90 bits per heavy atom. The first-order valence-electron chi connectivity index (χ1n) is 9.18. The average Bonchev–Trinajstić information content (AvgIpc) is 3.39. The number of hydrogen-bond donors (Lipinski definition) is 3. The Hall–Kier alpha value is -3.48. The van der Waals surface area contributed by atoms with E-state index >= 15 is 0 Å². The first-order chi connectivity index (χ1) is 14.6. The molecule has 6 nitrogen and oxygen atoms in total. The number of H-pyrrole nitrogens is 1. The number of aromatic amines is 1. The molecule has 8 heteroatoms. The highest BCUT2D eigenvalue weighted by Gasteiger charge is 2.14. The van der Waals surface area contributed by atoms with Crippen LogP contribution in [0.15, 0.2) is 73.1 Å². The van der Waals surface area contributed by atoms with Gasteiger partial charge in [0.15, 0.2) is 0 Å². The van der Waals surface area contributed by atoms with Crippen molar-refractivity contribution in [3.05, 3.63) is 83.1 Å². The molecule has 0 fully saturated rings. The van der Waals surface area contributed by atoms with Crippen LogP contribution in [-0.2, 0) is 0 Å². The van der Waals surface area contributed by atoms with Gasteiger partial charge in [0, 0.05) is 21.7 Å². The predicted octanol–water partition coefficient (Wildman–Crippen LogP) is 6.05. The molecule has 30 heavy (non-hydrogen) atoms. The van der Waals surface area contributed by atoms with Crippen molar-refractivity contribution < 1.29 is 0 Å². The van der Waals surface area contributed by atoms with Gasteiger partial charge in [-0.3, -0.25) is 5.10 Å². The number of nitrogens with zero attached hydrogens (tertiary/aromatic N) is 3. The topological polar surface area (TPSA) is 84.5 Å². The first-order valence-corrected chi connectivity index (χ1v) is 9.93. The number of nitrogens with one attached hydrogen (secondary N) is 2. The van der Waals surface area contributed by atoms with Gasteiger partial charge < -0.3 is 11.1 Å². The third-order valence-corrected chi connectivity index (χ3v) is 5.38. The fraction of sp³-hybridized carbons (Fsp3) is 0. The molecule has 4 N–H and O–H groups in total. The summed E-state index contributed by atoms with van der Waals surface area (Å²) in [5.41, 5.74) is 11.8. The van der Waals surface area contributed by atoms with Crippen molar-refractivity contribution in [3.63, 3.8) is 0 Å². The van der Waals surface area contributed by atoms with E-state index in [4.69, 9.17) is 28.9 Å². The van der Waals surface area contributed by atoms with E-state index in [1.807, 2.05) is 54.6 Å². The van der Waals surface area contributed by atoms with Crippen molar-refractivity contribution in [3.8, 4) is 16.9 Å². The Morgan fingerprint density at radius 1 is 1.00 bits per heavy atom. The summed E-state index contributed by atoms with van der Waals surface area (Å²) >= 11 is 12.7. The van der Waals surface area contributed by atoms with E-state index in [1.54, 1.807) is 23.1 Å². The van der Waals surface area contributed by atoms with Crippen LogP contribution in [0.4, 0.5) is 17.1 Å². The largest absolute Gasteiger partial charge is 0.397 e. The molecule has 0 aliphatic rings. The lowest BCUT2D eigenvalue weighted by atomic mass is 10.1. The van der Waals surface area contributed by atoms with Crippen molar-refractivity contribution in [1.29, 1.82) is 0 Å². The smallest absolute Gasteiger partial charge is 0.0756 e. The second-order valence-electron chi connectivity index (χ2n) is 6.82. The number of nitrogens with two attached hydrogens (primary N) is 1. The second-order valence-corrected chi connectivity index (χ2v) is 7.67. The first kappa shape index (κ1) is 18.5. The maximum atomic E-state index is 6.56. The summed E-state index contributed by atoms with van der Waals surface area (Å²) in [6, 6.07) is 19.0. The molecule has 0 saturated carbocycles. The van der Waals surface area contributed by atoms with E-state index in [0.717, 1.165) is 39.2 Å². The molecule has 2 heterocycles. The Bertz CT molecular complexity index is 1370. The van der Waals surface area contributed by atoms with E-state index in [1.165, 1.54) is 0 Å². The van der Waals surface area contributed by atoms with Crippen molar-refractivity contribution in [1.82, 2.24) is 20.0 Å². The van der Waals surface area contributed by atoms with Crippen LogP contribution in [0.3, 0.4) is 0 Å². The van der Waals surface area contributed by atoms with Crippen molar-refractivity contribution >= 4 is 51.2 Å². The van der Waals surface area contributed by atoms with Gasteiger partial charge in [0.25, 0.3) is 0 Å². The van der Waals surface area contributed by atoms with Crippen LogP contribution in [0.5, 0.6) is 0 Å². The van der Waals surface area contributed by atoms with E-state index in [-0.39, 0.29) is 0 Å². The summed E-state index contributed by atoms with van der Waals surface area (Å²) in [5, 5.41) is 17.0. The normalized spacial score (nSPS) is 11.1. The molecule has 5 aromatic rings. The SMILES string of the molecule is Nc1cc(Cl)c(-c2ccnn2-c2cccc(Cl)c2)cc1Nc1ccc2cn[nH]c2c1. The highest BCUT2D eigenvalue weighted by molar-refractivity contribution is 6.34. The lowest BCUT2D eigenvalue weighted by molar-refractivity contribution is 0.888. The van der Waals surface area contributed by atoms with Gasteiger partial charge in [0.05, 0.1) is 45.7 Å². The Morgan fingerprint density at radius 3 is 2.77 bits per heavy atom. The number of halogens is 2. The van der Waals surface area contributed by atoms with Crippen molar-refractivity contribution in [2.45, 2.75) is 0 Å².